The van der Waals surface area contributed by atoms with Crippen molar-refractivity contribution >= 4 is 11.7 Å². The molecule has 0 fully saturated rings. The van der Waals surface area contributed by atoms with Gasteiger partial charge in [0.15, 0.2) is 23.0 Å². The number of ketones is 1. The summed E-state index contributed by atoms with van der Waals surface area (Å²) < 4.78 is 26.8. The van der Waals surface area contributed by atoms with Gasteiger partial charge in [0, 0.05) is 20.3 Å². The normalized spacial score (nSPS) is 16.0. The lowest BCUT2D eigenvalue weighted by atomic mass is 9.94. The molecule has 2 heterocycles. The summed E-state index contributed by atoms with van der Waals surface area (Å²) in [5.74, 6) is -0.163. The quantitative estimate of drug-likeness (QED) is 0.439. The Kier molecular flexibility index (Phi) is 7.09. The molecule has 0 saturated carbocycles. The molecule has 2 aromatic rings. The van der Waals surface area contributed by atoms with Gasteiger partial charge in [-0.2, -0.15) is 0 Å². The number of hydrogen-bond donors (Lipinski definition) is 1. The predicted octanol–water partition coefficient (Wildman–Crippen LogP) is 3.23. The zero-order valence-electron chi connectivity index (χ0n) is 18.8. The van der Waals surface area contributed by atoms with Crippen molar-refractivity contribution in [3.8, 4) is 17.2 Å². The van der Waals surface area contributed by atoms with Crippen molar-refractivity contribution in [1.82, 2.24) is 4.90 Å². The first-order chi connectivity index (χ1) is 15.4. The highest BCUT2D eigenvalue weighted by atomic mass is 16.5. The highest BCUT2D eigenvalue weighted by Gasteiger charge is 2.44. The molecule has 1 atom stereocenters. The molecule has 0 unspecified atom stereocenters. The van der Waals surface area contributed by atoms with Gasteiger partial charge < -0.3 is 33.4 Å². The smallest absolute Gasteiger partial charge is 0.290 e. The van der Waals surface area contributed by atoms with E-state index in [0.717, 1.165) is 0 Å². The molecule has 9 nitrogen and oxygen atoms in total. The van der Waals surface area contributed by atoms with Crippen LogP contribution in [0, 0.1) is 6.92 Å². The number of Topliss-reactive ketones (excluding diaryl/α,β-unsaturated/α-hetero) is 1. The van der Waals surface area contributed by atoms with Crippen LogP contribution in [0.5, 0.6) is 17.2 Å². The van der Waals surface area contributed by atoms with Crippen LogP contribution < -0.4 is 14.2 Å². The third-order valence-corrected chi connectivity index (χ3v) is 5.26. The first kappa shape index (κ1) is 23.2. The second kappa shape index (κ2) is 9.78. The van der Waals surface area contributed by atoms with Crippen LogP contribution in [-0.4, -0.2) is 63.3 Å². The number of hydrogen-bond acceptors (Lipinski definition) is 8. The summed E-state index contributed by atoms with van der Waals surface area (Å²) in [6.07, 6.45) is 0.512. The molecule has 0 aliphatic carbocycles. The van der Waals surface area contributed by atoms with E-state index >= 15 is 0 Å². The van der Waals surface area contributed by atoms with Crippen LogP contribution in [0.1, 0.15) is 34.3 Å². The molecule has 1 aromatic heterocycles. The van der Waals surface area contributed by atoms with Gasteiger partial charge in [-0.15, -0.1) is 0 Å². The minimum Gasteiger partial charge on any atom is -0.503 e. The van der Waals surface area contributed by atoms with Gasteiger partial charge in [-0.3, -0.25) is 9.59 Å². The molecule has 1 amide bonds. The molecular formula is C23H27NO8. The Bertz CT molecular complexity index is 1010. The van der Waals surface area contributed by atoms with E-state index < -0.39 is 23.5 Å². The van der Waals surface area contributed by atoms with E-state index in [1.54, 1.807) is 32.2 Å². The zero-order valence-corrected chi connectivity index (χ0v) is 18.8. The lowest BCUT2D eigenvalue weighted by Gasteiger charge is -2.27. The van der Waals surface area contributed by atoms with Gasteiger partial charge in [0.05, 0.1) is 32.9 Å². The summed E-state index contributed by atoms with van der Waals surface area (Å²) in [7, 11) is 5.99. The number of carbonyl (C=O) groups excluding carboxylic acids is 2. The molecule has 1 aliphatic rings. The third kappa shape index (κ3) is 4.16. The number of methoxy groups -OCH3 is 4. The lowest BCUT2D eigenvalue weighted by Crippen LogP contribution is -2.32. The maximum absolute atomic E-state index is 13.3. The Morgan fingerprint density at radius 2 is 1.75 bits per heavy atom. The van der Waals surface area contributed by atoms with Gasteiger partial charge in [-0.05, 0) is 43.2 Å². The van der Waals surface area contributed by atoms with Gasteiger partial charge in [-0.1, -0.05) is 0 Å². The third-order valence-electron chi connectivity index (χ3n) is 5.26. The molecule has 3 rings (SSSR count). The van der Waals surface area contributed by atoms with Gasteiger partial charge in [-0.25, -0.2) is 0 Å². The number of amides is 1. The van der Waals surface area contributed by atoms with Crippen molar-refractivity contribution in [3.63, 3.8) is 0 Å². The summed E-state index contributed by atoms with van der Waals surface area (Å²) >= 11 is 0. The number of aryl methyl sites for hydroxylation is 1. The molecule has 1 N–H and O–H groups in total. The first-order valence-corrected chi connectivity index (χ1v) is 10.0. The fourth-order valence-corrected chi connectivity index (χ4v) is 3.79. The number of carbonyl (C=O) groups is 2. The van der Waals surface area contributed by atoms with Crippen molar-refractivity contribution in [2.24, 2.45) is 0 Å². The summed E-state index contributed by atoms with van der Waals surface area (Å²) in [5, 5.41) is 10.7. The maximum atomic E-state index is 13.3. The van der Waals surface area contributed by atoms with E-state index in [0.29, 0.717) is 41.6 Å². The van der Waals surface area contributed by atoms with Gasteiger partial charge in [0.1, 0.15) is 5.76 Å². The topological polar surface area (TPSA) is 108 Å². The average Bonchev–Trinajstić information content (AvgIpc) is 3.34. The van der Waals surface area contributed by atoms with Gasteiger partial charge in [0.2, 0.25) is 11.5 Å². The second-order valence-electron chi connectivity index (χ2n) is 7.21. The Morgan fingerprint density at radius 3 is 2.25 bits per heavy atom. The molecule has 32 heavy (non-hydrogen) atoms. The SMILES string of the molecule is COCCCN1C(=O)C(O)=C(C(=O)c2ccc(C)o2)[C@H]1c1cc(OC)c(OC)c(OC)c1. The number of furan rings is 1. The lowest BCUT2D eigenvalue weighted by molar-refractivity contribution is -0.129. The summed E-state index contributed by atoms with van der Waals surface area (Å²) in [4.78, 5) is 27.7. The highest BCUT2D eigenvalue weighted by molar-refractivity contribution is 6.15. The summed E-state index contributed by atoms with van der Waals surface area (Å²) in [6, 6.07) is 5.59. The molecule has 0 saturated heterocycles. The fraction of sp³-hybridized carbons (Fsp3) is 0.391. The Morgan fingerprint density at radius 1 is 1.09 bits per heavy atom. The molecule has 1 aliphatic heterocycles. The fourth-order valence-electron chi connectivity index (χ4n) is 3.79. The van der Waals surface area contributed by atoms with Crippen LogP contribution in [0.2, 0.25) is 0 Å². The Hall–Kier alpha value is -3.46. The van der Waals surface area contributed by atoms with Crippen molar-refractivity contribution < 1.29 is 38.1 Å². The number of nitrogens with zero attached hydrogens (tertiary/aromatic N) is 1. The van der Waals surface area contributed by atoms with Crippen LogP contribution >= 0.6 is 0 Å². The van der Waals surface area contributed by atoms with Crippen LogP contribution in [-0.2, 0) is 9.53 Å². The Labute approximate surface area is 186 Å². The number of benzene rings is 1. The first-order valence-electron chi connectivity index (χ1n) is 10.0. The number of rotatable bonds is 10. The summed E-state index contributed by atoms with van der Waals surface area (Å²) in [6.45, 7) is 2.37. The summed E-state index contributed by atoms with van der Waals surface area (Å²) in [5.41, 5.74) is 0.442. The average molecular weight is 445 g/mol. The molecule has 0 bridgehead atoms. The Balaban J connectivity index is 2.15. The van der Waals surface area contributed by atoms with Crippen molar-refractivity contribution in [1.29, 1.82) is 0 Å². The second-order valence-corrected chi connectivity index (χ2v) is 7.21. The van der Waals surface area contributed by atoms with Crippen LogP contribution in [0.15, 0.2) is 40.0 Å². The van der Waals surface area contributed by atoms with E-state index in [4.69, 9.17) is 23.4 Å². The zero-order chi connectivity index (χ0) is 23.4. The van der Waals surface area contributed by atoms with E-state index in [1.165, 1.54) is 32.3 Å². The molecule has 0 radical (unpaired) electrons. The number of aliphatic hydroxyl groups is 1. The molecular weight excluding hydrogens is 418 g/mol. The maximum Gasteiger partial charge on any atom is 0.290 e. The van der Waals surface area contributed by atoms with E-state index in [1.807, 2.05) is 0 Å². The van der Waals surface area contributed by atoms with E-state index in [2.05, 4.69) is 0 Å². The monoisotopic (exact) mass is 445 g/mol. The number of ether oxygens (including phenoxy) is 4. The minimum absolute atomic E-state index is 0.0352. The van der Waals surface area contributed by atoms with Crippen molar-refractivity contribution in [3.05, 3.63) is 52.7 Å². The molecule has 9 heteroatoms. The molecule has 172 valence electrons. The number of aliphatic hydroxyl groups excluding tert-OH is 1. The van der Waals surface area contributed by atoms with Crippen LogP contribution in [0.25, 0.3) is 0 Å². The highest BCUT2D eigenvalue weighted by Crippen LogP contribution is 2.45. The van der Waals surface area contributed by atoms with Crippen molar-refractivity contribution in [2.45, 2.75) is 19.4 Å². The van der Waals surface area contributed by atoms with E-state index in [9.17, 15) is 14.7 Å². The van der Waals surface area contributed by atoms with Gasteiger partial charge in [0.25, 0.3) is 5.91 Å². The van der Waals surface area contributed by atoms with Crippen LogP contribution in [0.3, 0.4) is 0 Å². The largest absolute Gasteiger partial charge is 0.503 e. The molecule has 1 aromatic carbocycles. The standard InChI is InChI=1S/C23H27NO8/c1-13-7-8-15(32-13)20(25)18-19(24(9-6-10-28-2)23(27)21(18)26)14-11-16(29-3)22(31-5)17(12-14)30-4/h7-8,11-12,19,26H,6,9-10H2,1-5H3/t19-/m1/s1. The van der Waals surface area contributed by atoms with Crippen LogP contribution in [0.4, 0.5) is 0 Å². The van der Waals surface area contributed by atoms with Gasteiger partial charge >= 0.3 is 0 Å². The van der Waals surface area contributed by atoms with Crippen molar-refractivity contribution in [2.75, 3.05) is 41.6 Å². The predicted molar refractivity (Wildman–Crippen MR) is 114 cm³/mol. The van der Waals surface area contributed by atoms with E-state index in [-0.39, 0.29) is 17.9 Å². The minimum atomic E-state index is -0.883. The molecule has 0 spiro atoms.